The maximum atomic E-state index is 4.52. The van der Waals surface area contributed by atoms with E-state index < -0.39 is 0 Å². The van der Waals surface area contributed by atoms with Gasteiger partial charge in [-0.15, -0.1) is 0 Å². The molecule has 0 radical (unpaired) electrons. The molecule has 27 heavy (non-hydrogen) atoms. The van der Waals surface area contributed by atoms with Gasteiger partial charge in [-0.2, -0.15) is 0 Å². The van der Waals surface area contributed by atoms with E-state index in [1.165, 1.54) is 21.5 Å². The summed E-state index contributed by atoms with van der Waals surface area (Å²) >= 11 is 0. The maximum Gasteiger partial charge on any atom is 0.0722 e. The normalized spacial score (nSPS) is 11.0. The van der Waals surface area contributed by atoms with Crippen LogP contribution in [0.3, 0.4) is 0 Å². The van der Waals surface area contributed by atoms with Crippen molar-refractivity contribution in [2.75, 3.05) is 5.32 Å². The molecule has 5 rings (SSSR count). The molecule has 5 aromatic rings. The molecule has 1 N–H and O–H groups in total. The Kier molecular flexibility index (Phi) is 3.80. The molecule has 0 atom stereocenters. The van der Waals surface area contributed by atoms with Crippen molar-refractivity contribution in [3.05, 3.63) is 103 Å². The third kappa shape index (κ3) is 2.91. The summed E-state index contributed by atoms with van der Waals surface area (Å²) in [6.07, 6.45) is 1.86. The average Bonchev–Trinajstić information content (AvgIpc) is 2.74. The maximum absolute atomic E-state index is 4.52. The van der Waals surface area contributed by atoms with Crippen LogP contribution in [0.2, 0.25) is 0 Å². The molecule has 0 saturated heterocycles. The Hall–Kier alpha value is -3.65. The van der Waals surface area contributed by atoms with Crippen LogP contribution in [-0.2, 0) is 0 Å². The molecule has 2 heteroatoms. The highest BCUT2D eigenvalue weighted by Gasteiger charge is 2.07. The van der Waals surface area contributed by atoms with Crippen LogP contribution in [-0.4, -0.2) is 4.98 Å². The number of nitrogens with one attached hydrogen (secondary N) is 1. The molecule has 0 aliphatic heterocycles. The van der Waals surface area contributed by atoms with Crippen LogP contribution in [0.4, 0.5) is 11.4 Å². The van der Waals surface area contributed by atoms with Gasteiger partial charge in [0, 0.05) is 28.5 Å². The van der Waals surface area contributed by atoms with Crippen molar-refractivity contribution in [2.45, 2.75) is 0 Å². The van der Waals surface area contributed by atoms with Gasteiger partial charge in [0.15, 0.2) is 0 Å². The molecule has 0 unspecified atom stereocenters. The van der Waals surface area contributed by atoms with Crippen molar-refractivity contribution in [2.24, 2.45) is 0 Å². The molecule has 1 heterocycles. The molecule has 0 amide bonds. The summed E-state index contributed by atoms with van der Waals surface area (Å²) in [5.41, 5.74) is 4.22. The Morgan fingerprint density at radius 1 is 0.630 bits per heavy atom. The molecule has 0 saturated carbocycles. The van der Waals surface area contributed by atoms with E-state index in [-0.39, 0.29) is 0 Å². The number of aromatic nitrogens is 1. The zero-order valence-corrected chi connectivity index (χ0v) is 14.8. The number of rotatable bonds is 3. The second-order valence-electron chi connectivity index (χ2n) is 6.61. The zero-order chi connectivity index (χ0) is 18.1. The number of pyridine rings is 1. The Labute approximate surface area is 158 Å². The van der Waals surface area contributed by atoms with Gasteiger partial charge in [-0.25, -0.2) is 0 Å². The molecule has 0 aliphatic rings. The van der Waals surface area contributed by atoms with Gasteiger partial charge in [0.1, 0.15) is 0 Å². The minimum absolute atomic E-state index is 0.964. The van der Waals surface area contributed by atoms with E-state index in [4.69, 9.17) is 0 Å². The standard InChI is InChI=1S/C25H18N2/c1-2-8-19(9-3-1)24-17-21(15-16-26-24)27-23-12-6-10-20-14-13-18-7-4-5-11-22(18)25(20)23/h1-17H,(H,26,27). The highest BCUT2D eigenvalue weighted by atomic mass is 14.9. The van der Waals surface area contributed by atoms with E-state index in [1.54, 1.807) is 0 Å². The monoisotopic (exact) mass is 346 g/mol. The summed E-state index contributed by atoms with van der Waals surface area (Å²) in [5.74, 6) is 0. The number of benzene rings is 4. The van der Waals surface area contributed by atoms with Crippen molar-refractivity contribution in [3.63, 3.8) is 0 Å². The first-order chi connectivity index (χ1) is 13.4. The van der Waals surface area contributed by atoms with Crippen molar-refractivity contribution < 1.29 is 0 Å². The zero-order valence-electron chi connectivity index (χ0n) is 14.8. The second-order valence-corrected chi connectivity index (χ2v) is 6.61. The number of nitrogens with zero attached hydrogens (tertiary/aromatic N) is 1. The van der Waals surface area contributed by atoms with Gasteiger partial charge in [-0.05, 0) is 34.4 Å². The Bertz CT molecular complexity index is 1240. The number of fused-ring (bicyclic) bond motifs is 3. The van der Waals surface area contributed by atoms with Gasteiger partial charge >= 0.3 is 0 Å². The molecular formula is C25H18N2. The largest absolute Gasteiger partial charge is 0.355 e. The molecule has 1 aromatic heterocycles. The van der Waals surface area contributed by atoms with Crippen LogP contribution in [0.5, 0.6) is 0 Å². The average molecular weight is 346 g/mol. The first kappa shape index (κ1) is 15.6. The third-order valence-electron chi connectivity index (χ3n) is 4.88. The van der Waals surface area contributed by atoms with E-state index in [0.29, 0.717) is 0 Å². The van der Waals surface area contributed by atoms with Crippen LogP contribution in [0.15, 0.2) is 103 Å². The van der Waals surface area contributed by atoms with E-state index >= 15 is 0 Å². The van der Waals surface area contributed by atoms with Gasteiger partial charge in [0.2, 0.25) is 0 Å². The Morgan fingerprint density at radius 2 is 1.41 bits per heavy atom. The van der Waals surface area contributed by atoms with Gasteiger partial charge in [-0.3, -0.25) is 4.98 Å². The molecule has 0 aliphatic carbocycles. The van der Waals surface area contributed by atoms with Gasteiger partial charge in [0.25, 0.3) is 0 Å². The summed E-state index contributed by atoms with van der Waals surface area (Å²) in [7, 11) is 0. The third-order valence-corrected chi connectivity index (χ3v) is 4.88. The molecule has 2 nitrogen and oxygen atoms in total. The summed E-state index contributed by atoms with van der Waals surface area (Å²) < 4.78 is 0. The van der Waals surface area contributed by atoms with Gasteiger partial charge in [0.05, 0.1) is 5.69 Å². The van der Waals surface area contributed by atoms with Crippen molar-refractivity contribution in [1.29, 1.82) is 0 Å². The molecule has 4 aromatic carbocycles. The Balaban J connectivity index is 1.62. The van der Waals surface area contributed by atoms with E-state index in [0.717, 1.165) is 22.6 Å². The van der Waals surface area contributed by atoms with E-state index in [2.05, 4.69) is 83.1 Å². The fourth-order valence-corrected chi connectivity index (χ4v) is 3.59. The lowest BCUT2D eigenvalue weighted by Crippen LogP contribution is -1.94. The first-order valence-electron chi connectivity index (χ1n) is 9.07. The van der Waals surface area contributed by atoms with Crippen LogP contribution in [0.1, 0.15) is 0 Å². The quantitative estimate of drug-likeness (QED) is 0.363. The minimum Gasteiger partial charge on any atom is -0.355 e. The van der Waals surface area contributed by atoms with Crippen LogP contribution in [0.25, 0.3) is 32.8 Å². The van der Waals surface area contributed by atoms with Gasteiger partial charge < -0.3 is 5.32 Å². The number of hydrogen-bond donors (Lipinski definition) is 1. The topological polar surface area (TPSA) is 24.9 Å². The Morgan fingerprint density at radius 3 is 2.33 bits per heavy atom. The number of anilines is 2. The predicted molar refractivity (Wildman–Crippen MR) is 114 cm³/mol. The van der Waals surface area contributed by atoms with Crippen molar-refractivity contribution in [1.82, 2.24) is 4.98 Å². The van der Waals surface area contributed by atoms with Crippen molar-refractivity contribution in [3.8, 4) is 11.3 Å². The lowest BCUT2D eigenvalue weighted by Gasteiger charge is -2.13. The lowest BCUT2D eigenvalue weighted by molar-refractivity contribution is 1.32. The van der Waals surface area contributed by atoms with Crippen molar-refractivity contribution >= 4 is 32.9 Å². The molecule has 0 fully saturated rings. The fraction of sp³-hybridized carbons (Fsp3) is 0. The summed E-state index contributed by atoms with van der Waals surface area (Å²) in [6, 6.07) is 33.6. The lowest BCUT2D eigenvalue weighted by atomic mass is 10.0. The van der Waals surface area contributed by atoms with Crippen LogP contribution >= 0.6 is 0 Å². The molecule has 128 valence electrons. The highest BCUT2D eigenvalue weighted by Crippen LogP contribution is 2.33. The second kappa shape index (κ2) is 6.58. The van der Waals surface area contributed by atoms with Crippen LogP contribution in [0, 0.1) is 0 Å². The van der Waals surface area contributed by atoms with E-state index in [1.807, 2.05) is 30.5 Å². The first-order valence-corrected chi connectivity index (χ1v) is 9.07. The fourth-order valence-electron chi connectivity index (χ4n) is 3.59. The van der Waals surface area contributed by atoms with E-state index in [9.17, 15) is 0 Å². The molecular weight excluding hydrogens is 328 g/mol. The smallest absolute Gasteiger partial charge is 0.0722 e. The SMILES string of the molecule is c1ccc(-c2cc(Nc3cccc4ccc5ccccc5c34)ccn2)cc1. The summed E-state index contributed by atoms with van der Waals surface area (Å²) in [6.45, 7) is 0. The predicted octanol–water partition coefficient (Wildman–Crippen LogP) is 6.80. The van der Waals surface area contributed by atoms with Crippen LogP contribution < -0.4 is 5.32 Å². The highest BCUT2D eigenvalue weighted by molar-refractivity contribution is 6.13. The summed E-state index contributed by atoms with van der Waals surface area (Å²) in [4.78, 5) is 4.52. The molecule has 0 bridgehead atoms. The molecule has 0 spiro atoms. The number of hydrogen-bond acceptors (Lipinski definition) is 2. The van der Waals surface area contributed by atoms with Gasteiger partial charge in [-0.1, -0.05) is 78.9 Å². The minimum atomic E-state index is 0.964. The summed E-state index contributed by atoms with van der Waals surface area (Å²) in [5, 5.41) is 8.59.